The molecule has 0 radical (unpaired) electrons. The van der Waals surface area contributed by atoms with Crippen LogP contribution in [0.1, 0.15) is 6.42 Å². The number of aliphatic hydroxyl groups excluding tert-OH is 1. The van der Waals surface area contributed by atoms with Crippen molar-refractivity contribution in [1.29, 1.82) is 0 Å². The summed E-state index contributed by atoms with van der Waals surface area (Å²) in [6.45, 7) is 0. The minimum atomic E-state index is -2.19. The molecule has 0 aromatic carbocycles. The molecule has 4 heteroatoms. The van der Waals surface area contributed by atoms with Gasteiger partial charge in [-0.25, -0.2) is 0 Å². The molecule has 0 aromatic rings. The first-order chi connectivity index (χ1) is 4.70. The number of hydrogen-bond acceptors (Lipinski definition) is 3. The van der Waals surface area contributed by atoms with E-state index in [0.717, 1.165) is 0 Å². The SMILES string of the molecule is O=S(=O)=C1C=C(O)C=CC1. The largest absolute Gasteiger partial charge is 0.508 e. The van der Waals surface area contributed by atoms with Gasteiger partial charge in [-0.05, 0) is 12.2 Å². The average Bonchev–Trinajstić information content (AvgIpc) is 1.88. The number of rotatable bonds is 0. The predicted molar refractivity (Wildman–Crippen MR) is 38.4 cm³/mol. The van der Waals surface area contributed by atoms with Gasteiger partial charge in [-0.15, -0.1) is 0 Å². The lowest BCUT2D eigenvalue weighted by Gasteiger charge is -1.97. The molecule has 0 amide bonds. The standard InChI is InChI=1S/C6H6O3S/c7-5-2-1-3-6(4-5)10(8)9/h1-2,4,7H,3H2. The van der Waals surface area contributed by atoms with Crippen LogP contribution in [0.4, 0.5) is 0 Å². The monoisotopic (exact) mass is 158 g/mol. The fraction of sp³-hybridized carbons (Fsp3) is 0.167. The molecule has 0 unspecified atom stereocenters. The molecule has 0 aromatic heterocycles. The fourth-order valence-electron chi connectivity index (χ4n) is 0.684. The van der Waals surface area contributed by atoms with Crippen LogP contribution in [0.3, 0.4) is 0 Å². The Morgan fingerprint density at radius 2 is 2.20 bits per heavy atom. The smallest absolute Gasteiger partial charge is 0.217 e. The van der Waals surface area contributed by atoms with Gasteiger partial charge in [-0.2, -0.15) is 8.42 Å². The molecule has 0 saturated carbocycles. The van der Waals surface area contributed by atoms with Crippen molar-refractivity contribution in [2.24, 2.45) is 0 Å². The highest BCUT2D eigenvalue weighted by atomic mass is 32.2. The molecule has 0 aliphatic heterocycles. The molecule has 0 spiro atoms. The topological polar surface area (TPSA) is 54.4 Å². The van der Waals surface area contributed by atoms with E-state index < -0.39 is 10.3 Å². The first-order valence-corrected chi connectivity index (χ1v) is 3.80. The highest BCUT2D eigenvalue weighted by molar-refractivity contribution is 7.73. The van der Waals surface area contributed by atoms with Crippen LogP contribution in [-0.2, 0) is 10.3 Å². The maximum absolute atomic E-state index is 10.3. The van der Waals surface area contributed by atoms with E-state index in [4.69, 9.17) is 5.11 Å². The van der Waals surface area contributed by atoms with Crippen molar-refractivity contribution >= 4 is 15.2 Å². The minimum Gasteiger partial charge on any atom is -0.508 e. The summed E-state index contributed by atoms with van der Waals surface area (Å²) in [6, 6.07) is 0. The van der Waals surface area contributed by atoms with Gasteiger partial charge in [0.1, 0.15) is 5.76 Å². The van der Waals surface area contributed by atoms with E-state index in [9.17, 15) is 8.42 Å². The third-order valence-electron chi connectivity index (χ3n) is 1.13. The Morgan fingerprint density at radius 1 is 1.50 bits per heavy atom. The molecular weight excluding hydrogens is 152 g/mol. The fourth-order valence-corrected chi connectivity index (χ4v) is 1.13. The number of aliphatic hydroxyl groups is 1. The van der Waals surface area contributed by atoms with Gasteiger partial charge in [0.2, 0.25) is 10.3 Å². The molecule has 0 fully saturated rings. The molecule has 10 heavy (non-hydrogen) atoms. The summed E-state index contributed by atoms with van der Waals surface area (Å²) in [6.07, 6.45) is 4.68. The summed E-state index contributed by atoms with van der Waals surface area (Å²) < 4.78 is 20.5. The molecule has 1 aliphatic carbocycles. The quantitative estimate of drug-likeness (QED) is 0.520. The van der Waals surface area contributed by atoms with Crippen LogP contribution in [-0.4, -0.2) is 18.4 Å². The number of hydrogen-bond donors (Lipinski definition) is 1. The molecule has 0 heterocycles. The lowest BCUT2D eigenvalue weighted by Crippen LogP contribution is -1.98. The third-order valence-corrected chi connectivity index (χ3v) is 1.84. The molecule has 1 rings (SSSR count). The summed E-state index contributed by atoms with van der Waals surface area (Å²) in [5.41, 5.74) is 0. The van der Waals surface area contributed by atoms with Crippen molar-refractivity contribution in [2.75, 3.05) is 0 Å². The summed E-state index contributed by atoms with van der Waals surface area (Å²) >= 11 is 0. The van der Waals surface area contributed by atoms with Crippen LogP contribution in [0, 0.1) is 0 Å². The van der Waals surface area contributed by atoms with E-state index in [1.807, 2.05) is 0 Å². The summed E-state index contributed by atoms with van der Waals surface area (Å²) in [5, 5.41) is 8.81. The highest BCUT2D eigenvalue weighted by Gasteiger charge is 2.01. The normalized spacial score (nSPS) is 16.8. The van der Waals surface area contributed by atoms with Gasteiger partial charge >= 0.3 is 0 Å². The van der Waals surface area contributed by atoms with Crippen molar-refractivity contribution < 1.29 is 13.5 Å². The van der Waals surface area contributed by atoms with E-state index in [2.05, 4.69) is 0 Å². The van der Waals surface area contributed by atoms with Crippen LogP contribution in [0.2, 0.25) is 0 Å². The summed E-state index contributed by atoms with van der Waals surface area (Å²) in [4.78, 5) is 0.222. The zero-order valence-electron chi connectivity index (χ0n) is 5.11. The molecule has 0 saturated heterocycles. The molecule has 54 valence electrons. The van der Waals surface area contributed by atoms with Crippen LogP contribution in [0.15, 0.2) is 24.0 Å². The Labute approximate surface area is 59.8 Å². The van der Waals surface area contributed by atoms with Crippen molar-refractivity contribution in [3.63, 3.8) is 0 Å². The van der Waals surface area contributed by atoms with Gasteiger partial charge in [0.15, 0.2) is 0 Å². The van der Waals surface area contributed by atoms with E-state index in [-0.39, 0.29) is 10.6 Å². The van der Waals surface area contributed by atoms with Crippen LogP contribution >= 0.6 is 0 Å². The Kier molecular flexibility index (Phi) is 1.91. The second-order valence-electron chi connectivity index (χ2n) is 1.88. The van der Waals surface area contributed by atoms with Crippen LogP contribution in [0.5, 0.6) is 0 Å². The van der Waals surface area contributed by atoms with Gasteiger partial charge in [0.25, 0.3) is 0 Å². The van der Waals surface area contributed by atoms with Gasteiger partial charge in [-0.1, -0.05) is 6.08 Å². The zero-order chi connectivity index (χ0) is 7.56. The predicted octanol–water partition coefficient (Wildman–Crippen LogP) is 0.440. The second-order valence-corrected chi connectivity index (χ2v) is 2.87. The van der Waals surface area contributed by atoms with Crippen LogP contribution < -0.4 is 0 Å². The van der Waals surface area contributed by atoms with E-state index >= 15 is 0 Å². The molecule has 0 atom stereocenters. The Morgan fingerprint density at radius 3 is 2.60 bits per heavy atom. The first kappa shape index (κ1) is 7.08. The van der Waals surface area contributed by atoms with Crippen molar-refractivity contribution in [2.45, 2.75) is 6.42 Å². The van der Waals surface area contributed by atoms with Crippen molar-refractivity contribution in [1.82, 2.24) is 0 Å². The first-order valence-electron chi connectivity index (χ1n) is 2.72. The average molecular weight is 158 g/mol. The summed E-state index contributed by atoms with van der Waals surface area (Å²) in [7, 11) is -2.19. The van der Waals surface area contributed by atoms with E-state index in [1.165, 1.54) is 12.2 Å². The molecular formula is C6H6O3S. The van der Waals surface area contributed by atoms with Crippen LogP contribution in [0.25, 0.3) is 0 Å². The molecule has 0 bridgehead atoms. The second kappa shape index (κ2) is 2.70. The van der Waals surface area contributed by atoms with E-state index in [0.29, 0.717) is 6.42 Å². The summed E-state index contributed by atoms with van der Waals surface area (Å²) in [5.74, 6) is -0.00884. The number of allylic oxidation sites excluding steroid dienone is 3. The minimum absolute atomic E-state index is 0.00884. The maximum atomic E-state index is 10.3. The molecule has 1 N–H and O–H groups in total. The Balaban J connectivity index is 3.12. The van der Waals surface area contributed by atoms with Crippen molar-refractivity contribution in [3.8, 4) is 0 Å². The Hall–Kier alpha value is -1.03. The lowest BCUT2D eigenvalue weighted by atomic mass is 10.2. The zero-order valence-corrected chi connectivity index (χ0v) is 5.93. The Bertz CT molecular complexity index is 311. The van der Waals surface area contributed by atoms with Gasteiger partial charge in [0.05, 0.1) is 4.86 Å². The maximum Gasteiger partial charge on any atom is 0.217 e. The highest BCUT2D eigenvalue weighted by Crippen LogP contribution is 2.03. The van der Waals surface area contributed by atoms with Gasteiger partial charge < -0.3 is 5.11 Å². The molecule has 1 aliphatic rings. The van der Waals surface area contributed by atoms with E-state index in [1.54, 1.807) is 6.08 Å². The third kappa shape index (κ3) is 1.48. The van der Waals surface area contributed by atoms with Crippen molar-refractivity contribution in [3.05, 3.63) is 24.0 Å². The van der Waals surface area contributed by atoms with Gasteiger partial charge in [0, 0.05) is 6.42 Å². The molecule has 3 nitrogen and oxygen atoms in total. The van der Waals surface area contributed by atoms with Gasteiger partial charge in [-0.3, -0.25) is 0 Å². The lowest BCUT2D eigenvalue weighted by molar-refractivity contribution is 0.432.